The molecule has 2 amide bonds. The number of piperazine rings is 1. The Bertz CT molecular complexity index is 1870. The van der Waals surface area contributed by atoms with Crippen LogP contribution in [0.3, 0.4) is 0 Å². The van der Waals surface area contributed by atoms with E-state index in [4.69, 9.17) is 9.57 Å². The van der Waals surface area contributed by atoms with Crippen molar-refractivity contribution in [2.24, 2.45) is 29.1 Å². The van der Waals surface area contributed by atoms with Crippen LogP contribution in [0.1, 0.15) is 62.0 Å². The van der Waals surface area contributed by atoms with Gasteiger partial charge in [-0.05, 0) is 78.7 Å². The highest BCUT2D eigenvalue weighted by Crippen LogP contribution is 2.61. The van der Waals surface area contributed by atoms with Crippen LogP contribution in [0.2, 0.25) is 0 Å². The van der Waals surface area contributed by atoms with E-state index in [1.54, 1.807) is 19.1 Å². The van der Waals surface area contributed by atoms with Gasteiger partial charge in [-0.25, -0.2) is 0 Å². The molecule has 2 aliphatic heterocycles. The van der Waals surface area contributed by atoms with Crippen molar-refractivity contribution in [3.8, 4) is 16.9 Å². The number of amides is 2. The molecule has 9 atom stereocenters. The maximum absolute atomic E-state index is 14.4. The monoisotopic (exact) mass is 767 g/mol. The van der Waals surface area contributed by atoms with E-state index in [9.17, 15) is 19.8 Å². The molecule has 2 saturated heterocycles. The van der Waals surface area contributed by atoms with E-state index in [1.165, 1.54) is 12.0 Å². The smallest absolute Gasteiger partial charge is 0.254 e. The summed E-state index contributed by atoms with van der Waals surface area (Å²) >= 11 is 0. The number of ether oxygens (including phenoxy) is 1. The topological polar surface area (TPSA) is 127 Å². The van der Waals surface area contributed by atoms with Crippen LogP contribution in [0.15, 0.2) is 66.7 Å². The Morgan fingerprint density at radius 1 is 1.09 bits per heavy atom. The third kappa shape index (κ3) is 7.68. The zero-order chi connectivity index (χ0) is 39.9. The second-order valence-electron chi connectivity index (χ2n) is 17.4. The largest absolute Gasteiger partial charge is 0.496 e. The highest BCUT2D eigenvalue weighted by molar-refractivity contribution is 5.97. The van der Waals surface area contributed by atoms with Crippen molar-refractivity contribution in [1.82, 2.24) is 20.6 Å². The third-order valence-electron chi connectivity index (χ3n) is 13.6. The SMILES string of the molecule is COc1c(CN2O[C@@H](CO)[C@@H]([C@H](C)O)[C@H]2C(=O)N[C@H]2C[C@@H]3C[C@H]([C@@H]2C)C3(C)C)cccc1-c1cc(C(=O)N2CCNC[C@@H]2Cc2ccccc2)cc(N(C)C)c1. The van der Waals surface area contributed by atoms with E-state index in [0.29, 0.717) is 35.6 Å². The maximum Gasteiger partial charge on any atom is 0.254 e. The van der Waals surface area contributed by atoms with Crippen molar-refractivity contribution < 1.29 is 29.4 Å². The molecule has 8 rings (SSSR count). The quantitative estimate of drug-likeness (QED) is 0.207. The van der Waals surface area contributed by atoms with Gasteiger partial charge in [0.05, 0.1) is 26.4 Å². The molecule has 0 radical (unpaired) electrons. The van der Waals surface area contributed by atoms with Crippen LogP contribution in [0, 0.1) is 29.1 Å². The Kier molecular flexibility index (Phi) is 11.8. The molecule has 11 heteroatoms. The number of nitrogens with one attached hydrogen (secondary N) is 2. The van der Waals surface area contributed by atoms with E-state index >= 15 is 0 Å². The van der Waals surface area contributed by atoms with Gasteiger partial charge in [-0.2, -0.15) is 5.06 Å². The lowest BCUT2D eigenvalue weighted by Crippen LogP contribution is -2.62. The van der Waals surface area contributed by atoms with Crippen molar-refractivity contribution in [1.29, 1.82) is 0 Å². The van der Waals surface area contributed by atoms with Gasteiger partial charge in [0.1, 0.15) is 17.9 Å². The van der Waals surface area contributed by atoms with Crippen LogP contribution in [-0.4, -0.2) is 110 Å². The highest BCUT2D eigenvalue weighted by atomic mass is 16.7. The maximum atomic E-state index is 14.4. The molecule has 2 bridgehead atoms. The molecule has 302 valence electrons. The second kappa shape index (κ2) is 16.5. The number of nitrogens with zero attached hydrogens (tertiary/aromatic N) is 3. The minimum Gasteiger partial charge on any atom is -0.496 e. The first-order valence-corrected chi connectivity index (χ1v) is 20.4. The number of benzene rings is 3. The first-order chi connectivity index (χ1) is 26.8. The minimum atomic E-state index is -0.898. The zero-order valence-corrected chi connectivity index (χ0v) is 34.1. The Balaban J connectivity index is 1.18. The first-order valence-electron chi connectivity index (χ1n) is 20.4. The number of hydroxylamine groups is 2. The van der Waals surface area contributed by atoms with Crippen LogP contribution in [0.5, 0.6) is 5.75 Å². The third-order valence-corrected chi connectivity index (χ3v) is 13.6. The molecule has 3 aromatic carbocycles. The summed E-state index contributed by atoms with van der Waals surface area (Å²) in [5.41, 5.74) is 5.36. The molecule has 5 aliphatic rings. The van der Waals surface area contributed by atoms with E-state index < -0.39 is 24.2 Å². The van der Waals surface area contributed by atoms with Gasteiger partial charge < -0.3 is 35.4 Å². The van der Waals surface area contributed by atoms with Crippen molar-refractivity contribution in [2.45, 2.75) is 83.8 Å². The lowest BCUT2D eigenvalue weighted by molar-refractivity contribution is -0.183. The molecule has 0 spiro atoms. The average Bonchev–Trinajstić information content (AvgIpc) is 3.57. The molecular weight excluding hydrogens is 707 g/mol. The molecule has 3 aliphatic carbocycles. The number of methoxy groups -OCH3 is 1. The van der Waals surface area contributed by atoms with Crippen molar-refractivity contribution in [3.63, 3.8) is 0 Å². The number of hydrogen-bond donors (Lipinski definition) is 4. The zero-order valence-electron chi connectivity index (χ0n) is 34.1. The van der Waals surface area contributed by atoms with Gasteiger partial charge in [0.25, 0.3) is 5.91 Å². The van der Waals surface area contributed by atoms with Gasteiger partial charge in [-0.15, -0.1) is 0 Å². The number of rotatable bonds is 12. The number of anilines is 1. The number of fused-ring (bicyclic) bond motifs is 2. The minimum absolute atomic E-state index is 0.0145. The average molecular weight is 768 g/mol. The summed E-state index contributed by atoms with van der Waals surface area (Å²) in [6.45, 7) is 10.5. The molecule has 0 aromatic heterocycles. The van der Waals surface area contributed by atoms with E-state index in [2.05, 4.69) is 49.6 Å². The summed E-state index contributed by atoms with van der Waals surface area (Å²) < 4.78 is 6.14. The molecule has 3 saturated carbocycles. The van der Waals surface area contributed by atoms with Crippen molar-refractivity contribution in [2.75, 3.05) is 52.3 Å². The number of para-hydroxylation sites is 1. The summed E-state index contributed by atoms with van der Waals surface area (Å²) in [6.07, 6.45) is 1.25. The van der Waals surface area contributed by atoms with Crippen molar-refractivity contribution >= 4 is 17.5 Å². The number of hydrogen-bond acceptors (Lipinski definition) is 9. The Labute approximate surface area is 332 Å². The molecule has 4 N–H and O–H groups in total. The van der Waals surface area contributed by atoms with E-state index in [1.807, 2.05) is 72.4 Å². The van der Waals surface area contributed by atoms with Crippen LogP contribution in [0.25, 0.3) is 11.1 Å². The lowest BCUT2D eigenvalue weighted by atomic mass is 9.45. The van der Waals surface area contributed by atoms with E-state index in [-0.39, 0.29) is 42.5 Å². The van der Waals surface area contributed by atoms with Gasteiger partial charge in [0.2, 0.25) is 5.91 Å². The predicted octanol–water partition coefficient (Wildman–Crippen LogP) is 4.75. The summed E-state index contributed by atoms with van der Waals surface area (Å²) in [6, 6.07) is 21.4. The first kappa shape index (κ1) is 40.2. The number of carbonyl (C=O) groups is 2. The molecule has 56 heavy (non-hydrogen) atoms. The summed E-state index contributed by atoms with van der Waals surface area (Å²) in [5, 5.41) is 29.8. The Morgan fingerprint density at radius 2 is 1.86 bits per heavy atom. The van der Waals surface area contributed by atoms with Crippen LogP contribution < -0.4 is 20.3 Å². The van der Waals surface area contributed by atoms with Crippen LogP contribution >= 0.6 is 0 Å². The van der Waals surface area contributed by atoms with Gasteiger partial charge in [0, 0.05) is 74.1 Å². The summed E-state index contributed by atoms with van der Waals surface area (Å²) in [7, 11) is 5.56. The fourth-order valence-electron chi connectivity index (χ4n) is 10.2. The summed E-state index contributed by atoms with van der Waals surface area (Å²) in [5.74, 6) is 1.21. The Morgan fingerprint density at radius 3 is 2.52 bits per heavy atom. The van der Waals surface area contributed by atoms with Gasteiger partial charge in [-0.3, -0.25) is 14.4 Å². The van der Waals surface area contributed by atoms with Gasteiger partial charge in [0.15, 0.2) is 0 Å². The highest BCUT2D eigenvalue weighted by Gasteiger charge is 2.57. The molecule has 2 heterocycles. The molecule has 0 unspecified atom stereocenters. The molecular formula is C45H61N5O6. The van der Waals surface area contributed by atoms with Gasteiger partial charge in [-0.1, -0.05) is 69.3 Å². The van der Waals surface area contributed by atoms with Crippen molar-refractivity contribution in [3.05, 3.63) is 83.4 Å². The number of carbonyl (C=O) groups excluding carboxylic acids is 2. The molecule has 5 fully saturated rings. The normalized spacial score (nSPS) is 29.0. The lowest BCUT2D eigenvalue weighted by Gasteiger charge is -2.62. The van der Waals surface area contributed by atoms with Crippen LogP contribution in [-0.2, 0) is 22.6 Å². The van der Waals surface area contributed by atoms with Crippen LogP contribution in [0.4, 0.5) is 5.69 Å². The number of aliphatic hydroxyl groups is 2. The standard InChI is InChI=1S/C45H61N5O6/c1-27-37-22-33(45(37,3)4)23-38(27)47-43(53)41-40(28(2)52)39(26-51)56-50(41)25-30-14-11-15-36(42(30)55-7)31-19-32(21-34(20-31)48(5)6)44(54)49-17-16-46-24-35(49)18-29-12-9-8-10-13-29/h8-15,19-21,27-28,33,35,37-41,46,51-52H,16-18,22-26H2,1-7H3,(H,47,53)/t27-,28-,33-,35-,37+,38-,39-,40+,41-/m0/s1. The molecule has 11 nitrogen and oxygen atoms in total. The van der Waals surface area contributed by atoms with Gasteiger partial charge >= 0.3 is 0 Å². The van der Waals surface area contributed by atoms with E-state index in [0.717, 1.165) is 48.3 Å². The number of aliphatic hydroxyl groups excluding tert-OH is 2. The predicted molar refractivity (Wildman–Crippen MR) is 218 cm³/mol. The fourth-order valence-corrected chi connectivity index (χ4v) is 10.2. The Hall–Kier alpha value is -4.00. The fraction of sp³-hybridized carbons (Fsp3) is 0.556. The summed E-state index contributed by atoms with van der Waals surface area (Å²) in [4.78, 5) is 39.0. The second-order valence-corrected chi connectivity index (χ2v) is 17.4. The molecule has 3 aromatic rings.